The van der Waals surface area contributed by atoms with E-state index in [1.807, 2.05) is 24.3 Å². The molecule has 5 nitrogen and oxygen atoms in total. The molecule has 0 atom stereocenters. The zero-order chi connectivity index (χ0) is 20.1. The minimum atomic E-state index is -0.262. The van der Waals surface area contributed by atoms with E-state index in [1.54, 1.807) is 24.4 Å². The third kappa shape index (κ3) is 4.90. The molecule has 148 valence electrons. The van der Waals surface area contributed by atoms with Gasteiger partial charge in [-0.2, -0.15) is 0 Å². The van der Waals surface area contributed by atoms with Crippen LogP contribution >= 0.6 is 0 Å². The molecular formula is C23H23FN4O. The maximum Gasteiger partial charge on any atom is 0.257 e. The number of halogens is 1. The molecule has 2 heterocycles. The molecule has 6 heteroatoms. The second-order valence-electron chi connectivity index (χ2n) is 7.14. The van der Waals surface area contributed by atoms with Crippen LogP contribution in [0.4, 0.5) is 21.5 Å². The van der Waals surface area contributed by atoms with Crippen LogP contribution in [0.15, 0.2) is 67.0 Å². The molecule has 3 aromatic rings. The van der Waals surface area contributed by atoms with Gasteiger partial charge in [-0.05, 0) is 60.9 Å². The smallest absolute Gasteiger partial charge is 0.257 e. The number of nitrogens with one attached hydrogen (secondary N) is 2. The Kier molecular flexibility index (Phi) is 5.70. The SMILES string of the molecule is O=C(Nc1ccc(N2CCCC2)cc1)c1cncc(NCc2ccc(F)cc2)c1. The van der Waals surface area contributed by atoms with Gasteiger partial charge in [-0.15, -0.1) is 0 Å². The highest BCUT2D eigenvalue weighted by Crippen LogP contribution is 2.22. The highest BCUT2D eigenvalue weighted by Gasteiger charge is 2.12. The van der Waals surface area contributed by atoms with Crippen molar-refractivity contribution in [2.75, 3.05) is 28.6 Å². The van der Waals surface area contributed by atoms with Crippen LogP contribution in [0.5, 0.6) is 0 Å². The van der Waals surface area contributed by atoms with Crippen molar-refractivity contribution in [3.05, 3.63) is 83.9 Å². The van der Waals surface area contributed by atoms with Gasteiger partial charge in [0.15, 0.2) is 0 Å². The maximum absolute atomic E-state index is 13.0. The molecule has 1 fully saturated rings. The molecule has 1 saturated heterocycles. The predicted octanol–water partition coefficient (Wildman–Crippen LogP) is 4.69. The van der Waals surface area contributed by atoms with Crippen molar-refractivity contribution < 1.29 is 9.18 Å². The minimum Gasteiger partial charge on any atom is -0.380 e. The number of carbonyl (C=O) groups is 1. The highest BCUT2D eigenvalue weighted by molar-refractivity contribution is 6.04. The summed E-state index contributed by atoms with van der Waals surface area (Å²) in [6, 6.07) is 16.0. The number of pyridine rings is 1. The van der Waals surface area contributed by atoms with Crippen LogP contribution in [0.25, 0.3) is 0 Å². The van der Waals surface area contributed by atoms with Crippen molar-refractivity contribution >= 4 is 23.0 Å². The van der Waals surface area contributed by atoms with E-state index in [9.17, 15) is 9.18 Å². The van der Waals surface area contributed by atoms with Gasteiger partial charge in [0.2, 0.25) is 0 Å². The number of hydrogen-bond donors (Lipinski definition) is 2. The zero-order valence-corrected chi connectivity index (χ0v) is 16.1. The van der Waals surface area contributed by atoms with E-state index in [2.05, 4.69) is 20.5 Å². The molecule has 0 spiro atoms. The van der Waals surface area contributed by atoms with Gasteiger partial charge >= 0.3 is 0 Å². The van der Waals surface area contributed by atoms with Gasteiger partial charge in [0.25, 0.3) is 5.91 Å². The number of anilines is 3. The predicted molar refractivity (Wildman–Crippen MR) is 114 cm³/mol. The van der Waals surface area contributed by atoms with E-state index >= 15 is 0 Å². The second kappa shape index (κ2) is 8.73. The topological polar surface area (TPSA) is 57.3 Å². The van der Waals surface area contributed by atoms with Gasteiger partial charge in [-0.1, -0.05) is 12.1 Å². The van der Waals surface area contributed by atoms with E-state index < -0.39 is 0 Å². The molecule has 2 aromatic carbocycles. The summed E-state index contributed by atoms with van der Waals surface area (Å²) < 4.78 is 13.0. The summed E-state index contributed by atoms with van der Waals surface area (Å²) in [5.41, 5.74) is 4.08. The van der Waals surface area contributed by atoms with Gasteiger partial charge in [0.05, 0.1) is 11.3 Å². The molecule has 0 unspecified atom stereocenters. The van der Waals surface area contributed by atoms with Crippen molar-refractivity contribution in [2.24, 2.45) is 0 Å². The Balaban J connectivity index is 1.37. The van der Waals surface area contributed by atoms with Crippen LogP contribution in [0.1, 0.15) is 28.8 Å². The summed E-state index contributed by atoms with van der Waals surface area (Å²) >= 11 is 0. The van der Waals surface area contributed by atoms with Crippen LogP contribution in [0.3, 0.4) is 0 Å². The van der Waals surface area contributed by atoms with Crippen LogP contribution in [0, 0.1) is 5.82 Å². The van der Waals surface area contributed by atoms with Crippen LogP contribution in [0.2, 0.25) is 0 Å². The van der Waals surface area contributed by atoms with E-state index in [0.29, 0.717) is 12.1 Å². The van der Waals surface area contributed by atoms with E-state index in [-0.39, 0.29) is 11.7 Å². The quantitative estimate of drug-likeness (QED) is 0.641. The zero-order valence-electron chi connectivity index (χ0n) is 16.1. The molecule has 0 aliphatic carbocycles. The van der Waals surface area contributed by atoms with Crippen molar-refractivity contribution in [3.63, 3.8) is 0 Å². The lowest BCUT2D eigenvalue weighted by atomic mass is 10.2. The standard InChI is InChI=1S/C23H23FN4O/c24-19-5-3-17(4-6-19)14-26-21-13-18(15-25-16-21)23(29)27-20-7-9-22(10-8-20)28-11-1-2-12-28/h3-10,13,15-16,26H,1-2,11-12,14H2,(H,27,29). The first-order valence-electron chi connectivity index (χ1n) is 9.77. The summed E-state index contributed by atoms with van der Waals surface area (Å²) in [6.45, 7) is 2.70. The Morgan fingerprint density at radius 3 is 2.41 bits per heavy atom. The number of nitrogens with zero attached hydrogens (tertiary/aromatic N) is 2. The van der Waals surface area contributed by atoms with Gasteiger partial charge in [-0.3, -0.25) is 9.78 Å². The average molecular weight is 390 g/mol. The lowest BCUT2D eigenvalue weighted by Crippen LogP contribution is -2.17. The Morgan fingerprint density at radius 1 is 0.966 bits per heavy atom. The van der Waals surface area contributed by atoms with E-state index in [1.165, 1.54) is 36.9 Å². The fraction of sp³-hybridized carbons (Fsp3) is 0.217. The molecule has 1 aliphatic heterocycles. The molecule has 1 amide bonds. The third-order valence-corrected chi connectivity index (χ3v) is 5.01. The van der Waals surface area contributed by atoms with Crippen molar-refractivity contribution in [2.45, 2.75) is 19.4 Å². The number of amides is 1. The first-order valence-corrected chi connectivity index (χ1v) is 9.77. The van der Waals surface area contributed by atoms with Crippen molar-refractivity contribution in [3.8, 4) is 0 Å². The van der Waals surface area contributed by atoms with Crippen LogP contribution in [-0.4, -0.2) is 24.0 Å². The Labute approximate surface area is 169 Å². The number of benzene rings is 2. The van der Waals surface area contributed by atoms with Crippen LogP contribution in [-0.2, 0) is 6.54 Å². The molecule has 29 heavy (non-hydrogen) atoms. The molecule has 0 radical (unpaired) electrons. The molecular weight excluding hydrogens is 367 g/mol. The summed E-state index contributed by atoms with van der Waals surface area (Å²) in [4.78, 5) is 19.1. The molecule has 2 N–H and O–H groups in total. The van der Waals surface area contributed by atoms with Gasteiger partial charge < -0.3 is 15.5 Å². The Bertz CT molecular complexity index is 967. The molecule has 0 bridgehead atoms. The minimum absolute atomic E-state index is 0.211. The third-order valence-electron chi connectivity index (χ3n) is 5.01. The van der Waals surface area contributed by atoms with Crippen molar-refractivity contribution in [1.82, 2.24) is 4.98 Å². The summed E-state index contributed by atoms with van der Waals surface area (Å²) in [7, 11) is 0. The summed E-state index contributed by atoms with van der Waals surface area (Å²) in [6.07, 6.45) is 5.66. The summed E-state index contributed by atoms with van der Waals surface area (Å²) in [5, 5.41) is 6.12. The fourth-order valence-corrected chi connectivity index (χ4v) is 3.40. The largest absolute Gasteiger partial charge is 0.380 e. The Hall–Kier alpha value is -3.41. The normalized spacial score (nSPS) is 13.3. The monoisotopic (exact) mass is 390 g/mol. The highest BCUT2D eigenvalue weighted by atomic mass is 19.1. The molecule has 1 aliphatic rings. The first-order chi connectivity index (χ1) is 14.2. The summed E-state index contributed by atoms with van der Waals surface area (Å²) in [5.74, 6) is -0.473. The van der Waals surface area contributed by atoms with E-state index in [4.69, 9.17) is 0 Å². The lowest BCUT2D eigenvalue weighted by molar-refractivity contribution is 0.102. The van der Waals surface area contributed by atoms with E-state index in [0.717, 1.165) is 30.0 Å². The molecule has 4 rings (SSSR count). The number of hydrogen-bond acceptors (Lipinski definition) is 4. The number of aromatic nitrogens is 1. The van der Waals surface area contributed by atoms with Gasteiger partial charge in [-0.25, -0.2) is 4.39 Å². The number of rotatable bonds is 6. The molecule has 1 aromatic heterocycles. The average Bonchev–Trinajstić information content (AvgIpc) is 3.29. The van der Waals surface area contributed by atoms with Crippen molar-refractivity contribution in [1.29, 1.82) is 0 Å². The Morgan fingerprint density at radius 2 is 1.69 bits per heavy atom. The first kappa shape index (κ1) is 18.9. The second-order valence-corrected chi connectivity index (χ2v) is 7.14. The van der Waals surface area contributed by atoms with Gasteiger partial charge in [0, 0.05) is 43.4 Å². The molecule has 0 saturated carbocycles. The van der Waals surface area contributed by atoms with Crippen LogP contribution < -0.4 is 15.5 Å². The lowest BCUT2D eigenvalue weighted by Gasteiger charge is -2.17. The fourth-order valence-electron chi connectivity index (χ4n) is 3.40. The maximum atomic E-state index is 13.0. The number of carbonyl (C=O) groups excluding carboxylic acids is 1. The van der Waals surface area contributed by atoms with Gasteiger partial charge in [0.1, 0.15) is 5.82 Å².